The molecule has 0 radical (unpaired) electrons. The number of nitrogen functional groups attached to an aromatic ring is 1. The molecule has 0 saturated carbocycles. The highest BCUT2D eigenvalue weighted by Crippen LogP contribution is 2.31. The Kier molecular flexibility index (Phi) is 2.59. The van der Waals surface area contributed by atoms with Crippen LogP contribution in [-0.4, -0.2) is 43.1 Å². The number of nitrogens with two attached hydrogens (primary N) is 1. The highest BCUT2D eigenvalue weighted by Gasteiger charge is 2.41. The molecule has 0 aliphatic carbocycles. The van der Waals surface area contributed by atoms with Crippen LogP contribution in [0.1, 0.15) is 13.2 Å². The molecule has 0 amide bonds. The second kappa shape index (κ2) is 4.05. The number of rotatable bonds is 1. The third-order valence-electron chi connectivity index (χ3n) is 3.35. The van der Waals surface area contributed by atoms with Crippen molar-refractivity contribution in [2.75, 3.05) is 5.73 Å². The Morgan fingerprint density at radius 3 is 2.84 bits per heavy atom. The first-order valence-corrected chi connectivity index (χ1v) is 5.86. The van der Waals surface area contributed by atoms with Crippen molar-refractivity contribution in [2.24, 2.45) is 0 Å². The van der Waals surface area contributed by atoms with Crippen LogP contribution < -0.4 is 11.3 Å². The Labute approximate surface area is 107 Å². The highest BCUT2D eigenvalue weighted by molar-refractivity contribution is 5.76. The highest BCUT2D eigenvalue weighted by atomic mass is 16.6. The van der Waals surface area contributed by atoms with Crippen LogP contribution in [0.4, 0.5) is 5.82 Å². The van der Waals surface area contributed by atoms with Gasteiger partial charge in [-0.3, -0.25) is 4.79 Å². The lowest BCUT2D eigenvalue weighted by Gasteiger charge is -2.17. The lowest BCUT2D eigenvalue weighted by Crippen LogP contribution is -2.30. The Morgan fingerprint density at radius 1 is 1.47 bits per heavy atom. The van der Waals surface area contributed by atoms with Gasteiger partial charge in [0.15, 0.2) is 11.7 Å². The van der Waals surface area contributed by atoms with Gasteiger partial charge in [0.25, 0.3) is 5.56 Å². The number of hydrogen-bond acceptors (Lipinski definition) is 6. The van der Waals surface area contributed by atoms with Gasteiger partial charge >= 0.3 is 0 Å². The van der Waals surface area contributed by atoms with Crippen molar-refractivity contribution < 1.29 is 14.9 Å². The fourth-order valence-corrected chi connectivity index (χ4v) is 2.32. The predicted molar refractivity (Wildman–Crippen MR) is 66.4 cm³/mol. The number of anilines is 1. The van der Waals surface area contributed by atoms with E-state index in [1.165, 1.54) is 17.0 Å². The second-order valence-corrected chi connectivity index (χ2v) is 4.65. The van der Waals surface area contributed by atoms with Gasteiger partial charge in [0, 0.05) is 6.07 Å². The molecular formula is C11H14N4O4. The zero-order valence-corrected chi connectivity index (χ0v) is 10.1. The summed E-state index contributed by atoms with van der Waals surface area (Å²) < 4.78 is 6.99. The van der Waals surface area contributed by atoms with Crippen LogP contribution in [0.2, 0.25) is 0 Å². The van der Waals surface area contributed by atoms with Gasteiger partial charge in [0.05, 0.1) is 17.9 Å². The Bertz CT molecular complexity index is 679. The molecular weight excluding hydrogens is 252 g/mol. The minimum Gasteiger partial charge on any atom is -0.388 e. The number of fused-ring (bicyclic) bond motifs is 1. The van der Waals surface area contributed by atoms with Crippen molar-refractivity contribution >= 4 is 16.9 Å². The maximum Gasteiger partial charge on any atom is 0.277 e. The van der Waals surface area contributed by atoms with Crippen LogP contribution in [0.5, 0.6) is 0 Å². The number of ether oxygens (including phenoxy) is 1. The van der Waals surface area contributed by atoms with Crippen LogP contribution in [0.3, 0.4) is 0 Å². The standard InChI is InChI=1S/C11H14N4O4/c1-4-8(16)9(17)11(19-4)15-3-13-7-5(15)2-6(12)14-10(7)18/h2-4,8-9,11,16-17H,1H3,(H3,12,14,18)/t4-,8-,9-,11-/m1/s1. The summed E-state index contributed by atoms with van der Waals surface area (Å²) in [6.45, 7) is 1.66. The maximum absolute atomic E-state index is 11.7. The number of pyridine rings is 1. The monoisotopic (exact) mass is 266 g/mol. The van der Waals surface area contributed by atoms with Crippen molar-refractivity contribution in [2.45, 2.75) is 31.5 Å². The molecule has 2 aromatic heterocycles. The van der Waals surface area contributed by atoms with E-state index in [1.54, 1.807) is 6.92 Å². The van der Waals surface area contributed by atoms with Gasteiger partial charge in [-0.25, -0.2) is 4.98 Å². The van der Waals surface area contributed by atoms with Crippen LogP contribution in [0, 0.1) is 0 Å². The van der Waals surface area contributed by atoms with Crippen molar-refractivity contribution in [1.29, 1.82) is 0 Å². The van der Waals surface area contributed by atoms with Crippen molar-refractivity contribution in [3.8, 4) is 0 Å². The van der Waals surface area contributed by atoms with E-state index in [-0.39, 0.29) is 11.3 Å². The van der Waals surface area contributed by atoms with Crippen LogP contribution in [-0.2, 0) is 4.74 Å². The molecule has 8 nitrogen and oxygen atoms in total. The molecule has 2 aromatic rings. The first kappa shape index (κ1) is 12.2. The fraction of sp³-hybridized carbons (Fsp3) is 0.455. The Morgan fingerprint density at radius 2 is 2.21 bits per heavy atom. The number of nitrogens with one attached hydrogen (secondary N) is 1. The van der Waals surface area contributed by atoms with E-state index in [2.05, 4.69) is 9.97 Å². The fourth-order valence-electron chi connectivity index (χ4n) is 2.32. The Hall–Kier alpha value is -1.90. The molecule has 19 heavy (non-hydrogen) atoms. The second-order valence-electron chi connectivity index (χ2n) is 4.65. The average molecular weight is 266 g/mol. The molecule has 8 heteroatoms. The van der Waals surface area contributed by atoms with Gasteiger partial charge in [-0.1, -0.05) is 0 Å². The smallest absolute Gasteiger partial charge is 0.277 e. The number of nitrogens with zero attached hydrogens (tertiary/aromatic N) is 2. The molecule has 3 rings (SSSR count). The lowest BCUT2D eigenvalue weighted by molar-refractivity contribution is -0.0296. The predicted octanol–water partition coefficient (Wildman–Crippen LogP) is -1.05. The molecule has 1 fully saturated rings. The van der Waals surface area contributed by atoms with Gasteiger partial charge in [-0.15, -0.1) is 0 Å². The van der Waals surface area contributed by atoms with E-state index in [0.29, 0.717) is 5.52 Å². The first-order chi connectivity index (χ1) is 8.99. The summed E-state index contributed by atoms with van der Waals surface area (Å²) in [7, 11) is 0. The number of aromatic amines is 1. The summed E-state index contributed by atoms with van der Waals surface area (Å²) in [4.78, 5) is 18.1. The molecule has 0 spiro atoms. The molecule has 102 valence electrons. The van der Waals surface area contributed by atoms with Crippen molar-refractivity contribution in [1.82, 2.24) is 14.5 Å². The minimum atomic E-state index is -1.09. The van der Waals surface area contributed by atoms with Crippen LogP contribution >= 0.6 is 0 Å². The van der Waals surface area contributed by atoms with Gasteiger partial charge in [-0.2, -0.15) is 0 Å². The zero-order chi connectivity index (χ0) is 13.7. The molecule has 0 unspecified atom stereocenters. The first-order valence-electron chi connectivity index (χ1n) is 5.86. The molecule has 5 N–H and O–H groups in total. The third-order valence-corrected chi connectivity index (χ3v) is 3.35. The molecule has 4 atom stereocenters. The van der Waals surface area contributed by atoms with E-state index in [0.717, 1.165) is 0 Å². The van der Waals surface area contributed by atoms with Crippen molar-refractivity contribution in [3.05, 3.63) is 22.7 Å². The summed E-state index contributed by atoms with van der Waals surface area (Å²) in [5, 5.41) is 19.7. The van der Waals surface area contributed by atoms with Crippen molar-refractivity contribution in [3.63, 3.8) is 0 Å². The molecule has 1 aliphatic rings. The molecule has 0 bridgehead atoms. The summed E-state index contributed by atoms with van der Waals surface area (Å²) in [6.07, 6.45) is -1.99. The summed E-state index contributed by atoms with van der Waals surface area (Å²) in [5.41, 5.74) is 5.84. The number of aliphatic hydroxyl groups is 2. The van der Waals surface area contributed by atoms with E-state index < -0.39 is 30.1 Å². The number of hydrogen-bond donors (Lipinski definition) is 4. The summed E-state index contributed by atoms with van der Waals surface area (Å²) >= 11 is 0. The number of aliphatic hydroxyl groups excluding tert-OH is 2. The summed E-state index contributed by atoms with van der Waals surface area (Å²) in [6, 6.07) is 1.54. The van der Waals surface area contributed by atoms with Gasteiger partial charge in [0.2, 0.25) is 0 Å². The third kappa shape index (κ3) is 1.72. The molecule has 1 saturated heterocycles. The minimum absolute atomic E-state index is 0.195. The molecule has 1 aliphatic heterocycles. The Balaban J connectivity index is 2.14. The van der Waals surface area contributed by atoms with Crippen LogP contribution in [0.15, 0.2) is 17.2 Å². The SMILES string of the molecule is C[C@H]1O[C@@H](n2cnc3c(=O)[nH]c(N)cc32)[C@H](O)[C@@H]1O. The quantitative estimate of drug-likeness (QED) is 0.521. The largest absolute Gasteiger partial charge is 0.388 e. The number of imidazole rings is 1. The normalized spacial score (nSPS) is 31.1. The summed E-state index contributed by atoms with van der Waals surface area (Å²) in [5.74, 6) is 0.195. The maximum atomic E-state index is 11.7. The van der Waals surface area contributed by atoms with Gasteiger partial charge in [0.1, 0.15) is 18.0 Å². The molecule has 0 aromatic carbocycles. The van der Waals surface area contributed by atoms with Crippen LogP contribution in [0.25, 0.3) is 11.0 Å². The van der Waals surface area contributed by atoms with E-state index in [9.17, 15) is 15.0 Å². The number of H-pyrrole nitrogens is 1. The van der Waals surface area contributed by atoms with E-state index in [4.69, 9.17) is 10.5 Å². The number of aromatic nitrogens is 3. The topological polar surface area (TPSA) is 126 Å². The zero-order valence-electron chi connectivity index (χ0n) is 10.1. The lowest BCUT2D eigenvalue weighted by atomic mass is 10.1. The van der Waals surface area contributed by atoms with E-state index in [1.807, 2.05) is 0 Å². The van der Waals surface area contributed by atoms with Gasteiger partial charge < -0.3 is 30.2 Å². The molecule has 3 heterocycles. The average Bonchev–Trinajstić information content (AvgIpc) is 2.86. The van der Waals surface area contributed by atoms with E-state index >= 15 is 0 Å². The van der Waals surface area contributed by atoms with Gasteiger partial charge in [-0.05, 0) is 6.92 Å².